The number of para-hydroxylation sites is 1. The largest absolute Gasteiger partial charge is 0.349 e. The van der Waals surface area contributed by atoms with E-state index in [0.29, 0.717) is 24.7 Å². The summed E-state index contributed by atoms with van der Waals surface area (Å²) in [6.07, 6.45) is 5.31. The lowest BCUT2D eigenvalue weighted by Crippen LogP contribution is -2.36. The van der Waals surface area contributed by atoms with Crippen molar-refractivity contribution in [2.45, 2.75) is 19.4 Å². The molecule has 26 heavy (non-hydrogen) atoms. The Hall–Kier alpha value is -3.28. The molecule has 0 saturated carbocycles. The van der Waals surface area contributed by atoms with Crippen LogP contribution in [0.2, 0.25) is 0 Å². The van der Waals surface area contributed by atoms with Crippen molar-refractivity contribution in [2.24, 2.45) is 0 Å². The van der Waals surface area contributed by atoms with Crippen molar-refractivity contribution in [2.75, 3.05) is 16.8 Å². The van der Waals surface area contributed by atoms with Gasteiger partial charge in [-0.1, -0.05) is 24.3 Å². The number of benzene rings is 1. The Morgan fingerprint density at radius 1 is 1.04 bits per heavy atom. The van der Waals surface area contributed by atoms with Crippen molar-refractivity contribution in [1.82, 2.24) is 15.0 Å². The van der Waals surface area contributed by atoms with Crippen LogP contribution in [-0.2, 0) is 13.0 Å². The van der Waals surface area contributed by atoms with Gasteiger partial charge in [-0.2, -0.15) is 0 Å². The third-order valence-corrected chi connectivity index (χ3v) is 4.38. The lowest BCUT2D eigenvalue weighted by molar-refractivity contribution is 0.0980. The third-order valence-electron chi connectivity index (χ3n) is 4.38. The fourth-order valence-corrected chi connectivity index (χ4v) is 3.12. The van der Waals surface area contributed by atoms with Crippen molar-refractivity contribution in [1.29, 1.82) is 0 Å². The molecule has 0 unspecified atom stereocenters. The second kappa shape index (κ2) is 7.31. The molecule has 0 radical (unpaired) electrons. The second-order valence-electron chi connectivity index (χ2n) is 6.13. The lowest BCUT2D eigenvalue weighted by atomic mass is 10.0. The topological polar surface area (TPSA) is 71.0 Å². The molecule has 3 aromatic rings. The summed E-state index contributed by atoms with van der Waals surface area (Å²) in [6.45, 7) is 1.21. The molecule has 6 heteroatoms. The van der Waals surface area contributed by atoms with Gasteiger partial charge in [-0.25, -0.2) is 9.97 Å². The van der Waals surface area contributed by atoms with Crippen LogP contribution in [0.1, 0.15) is 28.2 Å². The summed E-state index contributed by atoms with van der Waals surface area (Å²) in [5, 5.41) is 3.12. The van der Waals surface area contributed by atoms with E-state index >= 15 is 0 Å². The molecule has 1 amide bonds. The fourth-order valence-electron chi connectivity index (χ4n) is 3.12. The molecule has 4 rings (SSSR count). The monoisotopic (exact) mass is 345 g/mol. The minimum Gasteiger partial charge on any atom is -0.349 e. The maximum atomic E-state index is 13.0. The molecular weight excluding hydrogens is 326 g/mol. The van der Waals surface area contributed by atoms with Crippen LogP contribution >= 0.6 is 0 Å². The number of carbonyl (C=O) groups excluding carboxylic acids is 1. The maximum Gasteiger partial charge on any atom is 0.277 e. The predicted octanol–water partition coefficient (Wildman–Crippen LogP) is 3.08. The zero-order valence-corrected chi connectivity index (χ0v) is 14.3. The summed E-state index contributed by atoms with van der Waals surface area (Å²) >= 11 is 0. The van der Waals surface area contributed by atoms with Crippen LogP contribution in [0, 0.1) is 0 Å². The number of hydrogen-bond donors (Lipinski definition) is 1. The first kappa shape index (κ1) is 16.2. The molecule has 1 N–H and O–H groups in total. The quantitative estimate of drug-likeness (QED) is 0.787. The Balaban J connectivity index is 1.52. The second-order valence-corrected chi connectivity index (χ2v) is 6.13. The molecule has 0 bridgehead atoms. The number of pyridine rings is 1. The minimum atomic E-state index is -0.0968. The highest BCUT2D eigenvalue weighted by Crippen LogP contribution is 2.27. The number of nitrogens with one attached hydrogen (secondary N) is 1. The van der Waals surface area contributed by atoms with Gasteiger partial charge < -0.3 is 10.2 Å². The van der Waals surface area contributed by atoms with Gasteiger partial charge in [0.05, 0.1) is 12.2 Å². The standard InChI is InChI=1S/C20H19N5O/c26-19(25-13-5-7-15-6-1-2-9-18(15)25)17-10-12-22-20(24-17)23-14-16-8-3-4-11-21-16/h1-4,6,8-12H,5,7,13-14H2,(H,22,23,24). The van der Waals surface area contributed by atoms with E-state index in [4.69, 9.17) is 0 Å². The van der Waals surface area contributed by atoms with Gasteiger partial charge >= 0.3 is 0 Å². The van der Waals surface area contributed by atoms with Gasteiger partial charge in [0.1, 0.15) is 5.69 Å². The first-order valence-electron chi connectivity index (χ1n) is 8.68. The lowest BCUT2D eigenvalue weighted by Gasteiger charge is -2.29. The van der Waals surface area contributed by atoms with Gasteiger partial charge in [-0.3, -0.25) is 9.78 Å². The van der Waals surface area contributed by atoms with Gasteiger partial charge in [0.25, 0.3) is 5.91 Å². The van der Waals surface area contributed by atoms with Crippen molar-refractivity contribution >= 4 is 17.5 Å². The molecule has 0 saturated heterocycles. The van der Waals surface area contributed by atoms with Crippen LogP contribution in [0.5, 0.6) is 0 Å². The number of hydrogen-bond acceptors (Lipinski definition) is 5. The van der Waals surface area contributed by atoms with Gasteiger partial charge in [0.15, 0.2) is 0 Å². The number of fused-ring (bicyclic) bond motifs is 1. The Morgan fingerprint density at radius 3 is 2.81 bits per heavy atom. The summed E-state index contributed by atoms with van der Waals surface area (Å²) in [6, 6.07) is 15.4. The Bertz CT molecular complexity index is 913. The molecule has 0 fully saturated rings. The number of nitrogens with zero attached hydrogens (tertiary/aromatic N) is 4. The third kappa shape index (κ3) is 3.39. The van der Waals surface area contributed by atoms with E-state index in [-0.39, 0.29) is 5.91 Å². The van der Waals surface area contributed by atoms with E-state index in [9.17, 15) is 4.79 Å². The normalized spacial score (nSPS) is 13.2. The van der Waals surface area contributed by atoms with Crippen LogP contribution in [-0.4, -0.2) is 27.4 Å². The molecule has 2 aromatic heterocycles. The van der Waals surface area contributed by atoms with E-state index in [1.165, 1.54) is 5.56 Å². The molecule has 0 spiro atoms. The number of aromatic nitrogens is 3. The van der Waals surface area contributed by atoms with E-state index in [1.807, 2.05) is 41.3 Å². The average Bonchev–Trinajstić information content (AvgIpc) is 2.72. The molecule has 1 aromatic carbocycles. The predicted molar refractivity (Wildman–Crippen MR) is 100 cm³/mol. The summed E-state index contributed by atoms with van der Waals surface area (Å²) in [7, 11) is 0. The zero-order chi connectivity index (χ0) is 17.8. The summed E-state index contributed by atoms with van der Waals surface area (Å²) in [5.74, 6) is 0.326. The molecule has 130 valence electrons. The van der Waals surface area contributed by atoms with Gasteiger partial charge in [0.2, 0.25) is 5.95 Å². The Labute approximate surface area is 151 Å². The molecule has 1 aliphatic rings. The summed E-state index contributed by atoms with van der Waals surface area (Å²) in [4.78, 5) is 27.7. The number of carbonyl (C=O) groups is 1. The van der Waals surface area contributed by atoms with E-state index in [1.54, 1.807) is 18.5 Å². The van der Waals surface area contributed by atoms with Gasteiger partial charge in [-0.15, -0.1) is 0 Å². The van der Waals surface area contributed by atoms with Crippen molar-refractivity contribution < 1.29 is 4.79 Å². The van der Waals surface area contributed by atoms with Crippen LogP contribution in [0.4, 0.5) is 11.6 Å². The average molecular weight is 345 g/mol. The fraction of sp³-hybridized carbons (Fsp3) is 0.200. The van der Waals surface area contributed by atoms with Crippen LogP contribution in [0.3, 0.4) is 0 Å². The molecule has 3 heterocycles. The molecular formula is C20H19N5O. The van der Waals surface area contributed by atoms with E-state index in [2.05, 4.69) is 26.3 Å². The first-order valence-corrected chi connectivity index (χ1v) is 8.68. The zero-order valence-electron chi connectivity index (χ0n) is 14.3. The number of aryl methyl sites for hydroxylation is 1. The van der Waals surface area contributed by atoms with Crippen LogP contribution in [0.25, 0.3) is 0 Å². The molecule has 1 aliphatic heterocycles. The van der Waals surface area contributed by atoms with E-state index < -0.39 is 0 Å². The summed E-state index contributed by atoms with van der Waals surface area (Å²) < 4.78 is 0. The Morgan fingerprint density at radius 2 is 1.92 bits per heavy atom. The maximum absolute atomic E-state index is 13.0. The SMILES string of the molecule is O=C(c1ccnc(NCc2ccccn2)n1)N1CCCc2ccccc21. The van der Waals surface area contributed by atoms with E-state index in [0.717, 1.165) is 24.2 Å². The van der Waals surface area contributed by atoms with Crippen molar-refractivity contribution in [3.05, 3.63) is 77.9 Å². The molecule has 0 aliphatic carbocycles. The summed E-state index contributed by atoms with van der Waals surface area (Å²) in [5.41, 5.74) is 3.46. The van der Waals surface area contributed by atoms with Crippen LogP contribution < -0.4 is 10.2 Å². The molecule has 6 nitrogen and oxygen atoms in total. The highest BCUT2D eigenvalue weighted by molar-refractivity contribution is 6.05. The van der Waals surface area contributed by atoms with Crippen LogP contribution in [0.15, 0.2) is 60.9 Å². The van der Waals surface area contributed by atoms with Crippen molar-refractivity contribution in [3.63, 3.8) is 0 Å². The van der Waals surface area contributed by atoms with Gasteiger partial charge in [-0.05, 0) is 42.7 Å². The number of anilines is 2. The minimum absolute atomic E-state index is 0.0968. The van der Waals surface area contributed by atoms with Gasteiger partial charge in [0, 0.05) is 24.6 Å². The number of amides is 1. The highest BCUT2D eigenvalue weighted by atomic mass is 16.2. The molecule has 0 atom stereocenters. The first-order chi connectivity index (χ1) is 12.8. The van der Waals surface area contributed by atoms with Crippen molar-refractivity contribution in [3.8, 4) is 0 Å². The Kier molecular flexibility index (Phi) is 4.55. The highest BCUT2D eigenvalue weighted by Gasteiger charge is 2.24. The smallest absolute Gasteiger partial charge is 0.277 e. The number of rotatable bonds is 4.